The average molecular weight is 472 g/mol. The van der Waals surface area contributed by atoms with Crippen LogP contribution in [0.2, 0.25) is 0 Å². The minimum Gasteiger partial charge on any atom is -0.549 e. The van der Waals surface area contributed by atoms with E-state index in [1.165, 1.54) is 19.4 Å². The van der Waals surface area contributed by atoms with E-state index in [0.29, 0.717) is 35.3 Å². The molecule has 2 aromatic carbocycles. The molecule has 3 N–H and O–H groups in total. The molecular formula is C26H33NO7. The molecule has 0 amide bonds. The molecule has 2 aliphatic rings. The van der Waals surface area contributed by atoms with Crippen LogP contribution in [0.5, 0.6) is 11.5 Å². The average Bonchev–Trinajstić information content (AvgIpc) is 3.48. The second-order valence-electron chi connectivity index (χ2n) is 9.50. The highest BCUT2D eigenvalue weighted by molar-refractivity contribution is 5.89. The highest BCUT2D eigenvalue weighted by atomic mass is 16.7. The van der Waals surface area contributed by atoms with Gasteiger partial charge in [0.15, 0.2) is 11.5 Å². The molecular weight excluding hydrogens is 438 g/mol. The van der Waals surface area contributed by atoms with E-state index in [9.17, 15) is 14.7 Å². The predicted octanol–water partition coefficient (Wildman–Crippen LogP) is 1.15. The standard InChI is InChI=1S/C21H22O6.C5H11NO/c1-21(2,3)27-20(24)14-6-4-13(5-7-14)10-16(19(22)23)15-8-9-17-18(11-15)26-12-25-17;7-4-5-2-1-3-6-5/h4-9,11,16H,10,12H2,1-3H3,(H,22,23);5-7H,1-4H2/t16-;5-/m10/s1. The van der Waals surface area contributed by atoms with Gasteiger partial charge in [0.05, 0.1) is 18.7 Å². The van der Waals surface area contributed by atoms with E-state index < -0.39 is 23.5 Å². The summed E-state index contributed by atoms with van der Waals surface area (Å²) >= 11 is 0. The summed E-state index contributed by atoms with van der Waals surface area (Å²) in [6, 6.07) is 12.3. The predicted molar refractivity (Wildman–Crippen MR) is 123 cm³/mol. The zero-order valence-corrected chi connectivity index (χ0v) is 19.9. The van der Waals surface area contributed by atoms with Crippen molar-refractivity contribution in [2.45, 2.75) is 57.6 Å². The molecule has 34 heavy (non-hydrogen) atoms. The number of hydrogen-bond acceptors (Lipinski definition) is 7. The highest BCUT2D eigenvalue weighted by Crippen LogP contribution is 2.35. The van der Waals surface area contributed by atoms with Crippen LogP contribution in [0.25, 0.3) is 0 Å². The van der Waals surface area contributed by atoms with Gasteiger partial charge in [-0.3, -0.25) is 0 Å². The van der Waals surface area contributed by atoms with E-state index in [0.717, 1.165) is 5.56 Å². The van der Waals surface area contributed by atoms with Crippen molar-refractivity contribution >= 4 is 11.9 Å². The first-order chi connectivity index (χ1) is 16.2. The minimum atomic E-state index is -1.18. The maximum atomic E-state index is 12.1. The Morgan fingerprint density at radius 3 is 2.41 bits per heavy atom. The Morgan fingerprint density at radius 1 is 1.15 bits per heavy atom. The van der Waals surface area contributed by atoms with Crippen LogP contribution in [0.1, 0.15) is 61.0 Å². The van der Waals surface area contributed by atoms with Crippen LogP contribution in [-0.2, 0) is 16.0 Å². The zero-order valence-electron chi connectivity index (χ0n) is 19.9. The molecule has 1 saturated heterocycles. The number of benzene rings is 2. The van der Waals surface area contributed by atoms with Gasteiger partial charge in [-0.1, -0.05) is 18.2 Å². The molecule has 0 unspecified atom stereocenters. The number of quaternary nitrogens is 1. The highest BCUT2D eigenvalue weighted by Gasteiger charge is 2.21. The molecule has 184 valence electrons. The van der Waals surface area contributed by atoms with Crippen LogP contribution < -0.4 is 19.9 Å². The fourth-order valence-corrected chi connectivity index (χ4v) is 3.83. The van der Waals surface area contributed by atoms with Gasteiger partial charge in [-0.15, -0.1) is 0 Å². The number of hydrogen-bond donors (Lipinski definition) is 2. The molecule has 0 aliphatic carbocycles. The van der Waals surface area contributed by atoms with E-state index in [1.54, 1.807) is 63.2 Å². The summed E-state index contributed by atoms with van der Waals surface area (Å²) in [4.78, 5) is 23.8. The smallest absolute Gasteiger partial charge is 0.338 e. The van der Waals surface area contributed by atoms with Crippen molar-refractivity contribution in [2.75, 3.05) is 19.9 Å². The van der Waals surface area contributed by atoms with E-state index in [2.05, 4.69) is 5.32 Å². The Bertz CT molecular complexity index is 976. The van der Waals surface area contributed by atoms with Crippen LogP contribution >= 0.6 is 0 Å². The molecule has 0 bridgehead atoms. The number of aliphatic hydroxyl groups excluding tert-OH is 1. The number of carboxylic acid groups (broad SMARTS) is 1. The molecule has 0 saturated carbocycles. The van der Waals surface area contributed by atoms with Crippen molar-refractivity contribution in [2.24, 2.45) is 0 Å². The summed E-state index contributed by atoms with van der Waals surface area (Å²) < 4.78 is 15.9. The molecule has 1 fully saturated rings. The molecule has 8 heteroatoms. The SMILES string of the molecule is CC(C)(C)OC(=O)c1ccc(C[C@@H](C(=O)[O-])c2ccc3c(c2)OCO3)cc1.OC[C@@H]1CCC[NH2+]1. The number of carbonyl (C=O) groups excluding carboxylic acids is 2. The number of ether oxygens (including phenoxy) is 3. The molecule has 2 atom stereocenters. The van der Waals surface area contributed by atoms with Crippen LogP contribution in [0.4, 0.5) is 0 Å². The van der Waals surface area contributed by atoms with Crippen molar-refractivity contribution in [1.82, 2.24) is 0 Å². The lowest BCUT2D eigenvalue weighted by atomic mass is 9.91. The summed E-state index contributed by atoms with van der Waals surface area (Å²) in [5.74, 6) is -1.31. The molecule has 0 aromatic heterocycles. The second kappa shape index (κ2) is 11.4. The van der Waals surface area contributed by atoms with Crippen molar-refractivity contribution in [3.8, 4) is 11.5 Å². The van der Waals surface area contributed by atoms with Gasteiger partial charge in [0.1, 0.15) is 11.6 Å². The number of carboxylic acids is 1. The topological polar surface area (TPSA) is 122 Å². The Labute approximate surface area is 199 Å². The second-order valence-corrected chi connectivity index (χ2v) is 9.50. The molecule has 4 rings (SSSR count). The van der Waals surface area contributed by atoms with Crippen LogP contribution in [0.3, 0.4) is 0 Å². The van der Waals surface area contributed by atoms with Gasteiger partial charge in [0, 0.05) is 24.7 Å². The molecule has 2 aromatic rings. The van der Waals surface area contributed by atoms with Gasteiger partial charge in [-0.2, -0.15) is 0 Å². The largest absolute Gasteiger partial charge is 0.549 e. The number of aliphatic carboxylic acids is 1. The lowest BCUT2D eigenvalue weighted by Crippen LogP contribution is -2.87. The summed E-state index contributed by atoms with van der Waals surface area (Å²) in [6.07, 6.45) is 2.72. The Balaban J connectivity index is 0.000000396. The van der Waals surface area contributed by atoms with E-state index >= 15 is 0 Å². The summed E-state index contributed by atoms with van der Waals surface area (Å²) in [7, 11) is 0. The van der Waals surface area contributed by atoms with E-state index in [-0.39, 0.29) is 13.2 Å². The molecule has 2 aliphatic heterocycles. The Morgan fingerprint density at radius 2 is 1.85 bits per heavy atom. The van der Waals surface area contributed by atoms with Crippen molar-refractivity contribution in [3.05, 3.63) is 59.2 Å². The monoisotopic (exact) mass is 471 g/mol. The third-order valence-corrected chi connectivity index (χ3v) is 5.63. The van der Waals surface area contributed by atoms with Crippen LogP contribution in [-0.4, -0.2) is 48.6 Å². The van der Waals surface area contributed by atoms with Gasteiger partial charge in [0.2, 0.25) is 6.79 Å². The quantitative estimate of drug-likeness (QED) is 0.606. The van der Waals surface area contributed by atoms with Crippen molar-refractivity contribution < 1.29 is 39.3 Å². The van der Waals surface area contributed by atoms with Crippen LogP contribution in [0, 0.1) is 0 Å². The summed E-state index contributed by atoms with van der Waals surface area (Å²) in [5, 5.41) is 22.4. The number of nitrogens with two attached hydrogens (primary N) is 1. The van der Waals surface area contributed by atoms with Gasteiger partial charge in [0.25, 0.3) is 0 Å². The van der Waals surface area contributed by atoms with Gasteiger partial charge >= 0.3 is 5.97 Å². The number of aliphatic hydroxyl groups is 1. The summed E-state index contributed by atoms with van der Waals surface area (Å²) in [5.41, 5.74) is 1.20. The maximum Gasteiger partial charge on any atom is 0.338 e. The number of esters is 1. The van der Waals surface area contributed by atoms with Gasteiger partial charge in [-0.05, 0) is 62.6 Å². The molecule has 2 heterocycles. The van der Waals surface area contributed by atoms with Crippen molar-refractivity contribution in [3.63, 3.8) is 0 Å². The first-order valence-electron chi connectivity index (χ1n) is 11.5. The Hall–Kier alpha value is -3.10. The fourth-order valence-electron chi connectivity index (χ4n) is 3.83. The van der Waals surface area contributed by atoms with Gasteiger partial charge < -0.3 is 34.5 Å². The molecule has 0 spiro atoms. The first-order valence-corrected chi connectivity index (χ1v) is 11.5. The van der Waals surface area contributed by atoms with Crippen molar-refractivity contribution in [1.29, 1.82) is 0 Å². The van der Waals surface area contributed by atoms with Crippen LogP contribution in [0.15, 0.2) is 42.5 Å². The molecule has 8 nitrogen and oxygen atoms in total. The van der Waals surface area contributed by atoms with E-state index in [1.807, 2.05) is 0 Å². The fraction of sp³-hybridized carbons (Fsp3) is 0.462. The number of fused-ring (bicyclic) bond motifs is 1. The third-order valence-electron chi connectivity index (χ3n) is 5.63. The minimum absolute atomic E-state index is 0.126. The third kappa shape index (κ3) is 7.20. The Kier molecular flexibility index (Phi) is 8.52. The number of carbonyl (C=O) groups is 2. The zero-order chi connectivity index (χ0) is 24.7. The number of rotatable bonds is 6. The van der Waals surface area contributed by atoms with E-state index in [4.69, 9.17) is 19.3 Å². The lowest BCUT2D eigenvalue weighted by Gasteiger charge is -2.20. The maximum absolute atomic E-state index is 12.1. The lowest BCUT2D eigenvalue weighted by molar-refractivity contribution is -0.671. The first kappa shape index (κ1) is 25.5. The molecule has 0 radical (unpaired) electrons. The normalized spacial score (nSPS) is 17.5. The van der Waals surface area contributed by atoms with Gasteiger partial charge in [-0.25, -0.2) is 4.79 Å². The summed E-state index contributed by atoms with van der Waals surface area (Å²) in [6.45, 7) is 7.10.